The van der Waals surface area contributed by atoms with Gasteiger partial charge in [0.1, 0.15) is 0 Å². The molecule has 1 aliphatic heterocycles. The van der Waals surface area contributed by atoms with E-state index in [-0.39, 0.29) is 43.3 Å². The van der Waals surface area contributed by atoms with E-state index in [9.17, 15) is 8.78 Å². The van der Waals surface area contributed by atoms with Crippen molar-refractivity contribution in [2.45, 2.75) is 32.0 Å². The maximum Gasteiger partial charge on any atom is 0.203 e. The summed E-state index contributed by atoms with van der Waals surface area (Å²) >= 11 is 0. The van der Waals surface area contributed by atoms with Gasteiger partial charge in [0.25, 0.3) is 0 Å². The maximum atomic E-state index is 14.6. The lowest BCUT2D eigenvalue weighted by atomic mass is 9.99. The van der Waals surface area contributed by atoms with Crippen LogP contribution in [0, 0.1) is 11.6 Å². The number of methoxy groups -OCH3 is 6. The first-order valence-corrected chi connectivity index (χ1v) is 17.2. The van der Waals surface area contributed by atoms with E-state index in [1.807, 2.05) is 48.8 Å². The molecule has 5 aromatic rings. The maximum absolute atomic E-state index is 14.6. The SMILES string of the molecule is COc1cc(-c2cncc(CN3CCC(N(Cc4ccnc(-c5cc(OC)c(OC)c(OC)c5)c4)c4ccc(F)c(F)c4)CC3)c2)cc(OC)c1OC.Cl.Cl.Cl. The predicted molar refractivity (Wildman–Crippen MR) is 221 cm³/mol. The fraction of sp³-hybridized carbons (Fsp3) is 0.317. The highest BCUT2D eigenvalue weighted by atomic mass is 35.5. The molecule has 56 heavy (non-hydrogen) atoms. The molecule has 0 saturated carbocycles. The van der Waals surface area contributed by atoms with Crippen molar-refractivity contribution in [1.29, 1.82) is 0 Å². The van der Waals surface area contributed by atoms with Crippen molar-refractivity contribution in [1.82, 2.24) is 14.9 Å². The minimum atomic E-state index is -0.878. The molecule has 0 unspecified atom stereocenters. The molecule has 3 heterocycles. The number of benzene rings is 3. The van der Waals surface area contributed by atoms with Gasteiger partial charge in [-0.05, 0) is 84.1 Å². The number of aromatic nitrogens is 2. The summed E-state index contributed by atoms with van der Waals surface area (Å²) in [5, 5.41) is 0. The van der Waals surface area contributed by atoms with Crippen LogP contribution >= 0.6 is 37.2 Å². The summed E-state index contributed by atoms with van der Waals surface area (Å²) in [6.45, 7) is 2.81. The minimum Gasteiger partial charge on any atom is -0.493 e. The van der Waals surface area contributed by atoms with Crippen molar-refractivity contribution in [3.05, 3.63) is 102 Å². The molecule has 0 amide bonds. The average Bonchev–Trinajstić information content (AvgIpc) is 3.20. The van der Waals surface area contributed by atoms with Crippen LogP contribution in [0.25, 0.3) is 22.4 Å². The normalized spacial score (nSPS) is 12.6. The van der Waals surface area contributed by atoms with Crippen molar-refractivity contribution in [2.75, 3.05) is 60.6 Å². The molecule has 1 saturated heterocycles. The summed E-state index contributed by atoms with van der Waals surface area (Å²) in [7, 11) is 9.48. The molecule has 2 aromatic heterocycles. The smallest absolute Gasteiger partial charge is 0.203 e. The van der Waals surface area contributed by atoms with Crippen LogP contribution in [-0.2, 0) is 13.1 Å². The van der Waals surface area contributed by atoms with E-state index in [2.05, 4.69) is 25.8 Å². The van der Waals surface area contributed by atoms with Gasteiger partial charge in [0, 0.05) is 73.7 Å². The number of pyridine rings is 2. The van der Waals surface area contributed by atoms with E-state index in [0.29, 0.717) is 59.0 Å². The first-order valence-electron chi connectivity index (χ1n) is 17.2. The van der Waals surface area contributed by atoms with Crippen molar-refractivity contribution >= 4 is 42.9 Å². The number of nitrogens with zero attached hydrogens (tertiary/aromatic N) is 4. The summed E-state index contributed by atoms with van der Waals surface area (Å²) in [6, 6.07) is 17.8. The first-order chi connectivity index (χ1) is 25.8. The number of halogens is 5. The number of hydrogen-bond acceptors (Lipinski definition) is 10. The fourth-order valence-electron chi connectivity index (χ4n) is 6.88. The minimum absolute atomic E-state index is 0. The molecule has 3 aromatic carbocycles. The lowest BCUT2D eigenvalue weighted by Gasteiger charge is -2.40. The van der Waals surface area contributed by atoms with Crippen LogP contribution in [0.1, 0.15) is 24.0 Å². The fourth-order valence-corrected chi connectivity index (χ4v) is 6.88. The van der Waals surface area contributed by atoms with Crippen LogP contribution < -0.4 is 33.3 Å². The standard InChI is InChI=1S/C41H44F2N4O6.3ClH/c1-48-36-17-28(18-37(49-2)40(36)52-5)30-15-27(22-44-23-30)24-46-13-10-31(11-14-46)47(32-7-8-33(42)34(43)21-32)25-26-9-12-45-35(16-26)29-19-38(50-3)41(53-6)39(20-29)51-4;;;/h7-9,12,15-23,31H,10-11,13-14,24-25H2,1-6H3;3*1H. The van der Waals surface area contributed by atoms with E-state index in [4.69, 9.17) is 28.4 Å². The Kier molecular flexibility index (Phi) is 17.1. The van der Waals surface area contributed by atoms with Crippen molar-refractivity contribution in [3.8, 4) is 56.9 Å². The van der Waals surface area contributed by atoms with Crippen molar-refractivity contribution in [2.24, 2.45) is 0 Å². The molecule has 10 nitrogen and oxygen atoms in total. The zero-order valence-electron chi connectivity index (χ0n) is 32.0. The second kappa shape index (κ2) is 21.0. The summed E-state index contributed by atoms with van der Waals surface area (Å²) in [6.07, 6.45) is 7.10. The number of likely N-dealkylation sites (tertiary alicyclic amines) is 1. The molecule has 1 aliphatic rings. The van der Waals surface area contributed by atoms with Crippen LogP contribution in [0.4, 0.5) is 14.5 Å². The monoisotopic (exact) mass is 834 g/mol. The summed E-state index contributed by atoms with van der Waals surface area (Å²) in [5.74, 6) is 1.46. The highest BCUT2D eigenvalue weighted by molar-refractivity contribution is 5.86. The Morgan fingerprint density at radius 2 is 1.20 bits per heavy atom. The van der Waals surface area contributed by atoms with Crippen LogP contribution in [0.3, 0.4) is 0 Å². The molecular weight excluding hydrogens is 789 g/mol. The largest absolute Gasteiger partial charge is 0.493 e. The Morgan fingerprint density at radius 3 is 1.73 bits per heavy atom. The Bertz CT molecular complexity index is 2010. The second-order valence-corrected chi connectivity index (χ2v) is 12.7. The van der Waals surface area contributed by atoms with Crippen LogP contribution in [0.15, 0.2) is 79.3 Å². The van der Waals surface area contributed by atoms with E-state index in [1.165, 1.54) is 12.1 Å². The van der Waals surface area contributed by atoms with Gasteiger partial charge in [-0.1, -0.05) is 0 Å². The molecule has 302 valence electrons. The van der Waals surface area contributed by atoms with Gasteiger partial charge in [-0.25, -0.2) is 8.78 Å². The van der Waals surface area contributed by atoms with Gasteiger partial charge in [0.15, 0.2) is 34.6 Å². The number of piperidine rings is 1. The number of rotatable bonds is 14. The molecule has 0 spiro atoms. The molecule has 0 aliphatic carbocycles. The predicted octanol–water partition coefficient (Wildman–Crippen LogP) is 9.08. The Morgan fingerprint density at radius 1 is 0.625 bits per heavy atom. The molecule has 0 atom stereocenters. The van der Waals surface area contributed by atoms with Gasteiger partial charge in [-0.2, -0.15) is 0 Å². The van der Waals surface area contributed by atoms with Crippen LogP contribution in [0.5, 0.6) is 34.5 Å². The summed E-state index contributed by atoms with van der Waals surface area (Å²) < 4.78 is 62.0. The van der Waals surface area contributed by atoms with Gasteiger partial charge in [0.2, 0.25) is 11.5 Å². The lowest BCUT2D eigenvalue weighted by molar-refractivity contribution is 0.200. The lowest BCUT2D eigenvalue weighted by Crippen LogP contribution is -2.44. The molecule has 0 bridgehead atoms. The third-order valence-electron chi connectivity index (χ3n) is 9.57. The number of hydrogen-bond donors (Lipinski definition) is 0. The third kappa shape index (κ3) is 10.2. The number of ether oxygens (including phenoxy) is 6. The van der Waals surface area contributed by atoms with E-state index in [0.717, 1.165) is 53.7 Å². The summed E-state index contributed by atoms with van der Waals surface area (Å²) in [5.41, 5.74) is 6.00. The van der Waals surface area contributed by atoms with E-state index in [1.54, 1.807) is 54.9 Å². The first kappa shape index (κ1) is 45.6. The summed E-state index contributed by atoms with van der Waals surface area (Å²) in [4.78, 5) is 13.7. The molecule has 1 fully saturated rings. The van der Waals surface area contributed by atoms with E-state index >= 15 is 0 Å². The molecule has 15 heteroatoms. The quantitative estimate of drug-likeness (QED) is 0.108. The van der Waals surface area contributed by atoms with Gasteiger partial charge in [-0.3, -0.25) is 14.9 Å². The average molecular weight is 836 g/mol. The number of anilines is 1. The van der Waals surface area contributed by atoms with Gasteiger partial charge in [-0.15, -0.1) is 37.2 Å². The molecular formula is C41H47Cl3F2N4O6. The third-order valence-corrected chi connectivity index (χ3v) is 9.57. The topological polar surface area (TPSA) is 87.6 Å². The highest BCUT2D eigenvalue weighted by Crippen LogP contribution is 2.42. The van der Waals surface area contributed by atoms with Gasteiger partial charge >= 0.3 is 0 Å². The van der Waals surface area contributed by atoms with Crippen LogP contribution in [-0.4, -0.2) is 76.7 Å². The molecule has 0 radical (unpaired) electrons. The van der Waals surface area contributed by atoms with E-state index < -0.39 is 11.6 Å². The van der Waals surface area contributed by atoms with Crippen LogP contribution in [0.2, 0.25) is 0 Å². The molecule has 0 N–H and O–H groups in total. The Balaban J connectivity index is 0.00000280. The second-order valence-electron chi connectivity index (χ2n) is 12.7. The zero-order chi connectivity index (χ0) is 37.5. The molecule has 6 rings (SSSR count). The Labute approximate surface area is 345 Å². The Hall–Kier alpha value is -4.75. The zero-order valence-corrected chi connectivity index (χ0v) is 34.5. The van der Waals surface area contributed by atoms with Crippen molar-refractivity contribution < 1.29 is 37.2 Å². The highest BCUT2D eigenvalue weighted by Gasteiger charge is 2.27. The van der Waals surface area contributed by atoms with Gasteiger partial charge in [0.05, 0.1) is 48.4 Å². The van der Waals surface area contributed by atoms with Gasteiger partial charge < -0.3 is 33.3 Å². The van der Waals surface area contributed by atoms with Crippen molar-refractivity contribution in [3.63, 3.8) is 0 Å².